The van der Waals surface area contributed by atoms with Gasteiger partial charge in [-0.3, -0.25) is 4.79 Å². The normalized spacial score (nSPS) is 10.5. The Bertz CT molecular complexity index is 586. The Balaban J connectivity index is 2.57. The Morgan fingerprint density at radius 1 is 1.47 bits per heavy atom. The number of hydrogen-bond donors (Lipinski definition) is 1. The summed E-state index contributed by atoms with van der Waals surface area (Å²) in [5.41, 5.74) is 1.75. The first-order valence-corrected chi connectivity index (χ1v) is 5.31. The van der Waals surface area contributed by atoms with Crippen LogP contribution in [0.5, 0.6) is 0 Å². The molecule has 0 unspecified atom stereocenters. The van der Waals surface area contributed by atoms with Crippen molar-refractivity contribution in [3.8, 4) is 0 Å². The van der Waals surface area contributed by atoms with Crippen LogP contribution in [0.25, 0.3) is 11.0 Å². The number of carbonyl (C=O) groups is 2. The minimum atomic E-state index is -0.631. The van der Waals surface area contributed by atoms with Crippen LogP contribution >= 0.6 is 0 Å². The van der Waals surface area contributed by atoms with Gasteiger partial charge in [-0.25, -0.2) is 9.78 Å². The maximum Gasteiger partial charge on any atom is 0.348 e. The van der Waals surface area contributed by atoms with E-state index >= 15 is 0 Å². The Morgan fingerprint density at radius 3 is 2.88 bits per heavy atom. The molecule has 0 amide bonds. The van der Waals surface area contributed by atoms with Gasteiger partial charge in [0, 0.05) is 24.2 Å². The van der Waals surface area contributed by atoms with Gasteiger partial charge < -0.3 is 9.72 Å². The fourth-order valence-corrected chi connectivity index (χ4v) is 1.75. The molecule has 0 radical (unpaired) electrons. The molecule has 2 rings (SSSR count). The molecule has 0 saturated heterocycles. The number of aromatic amines is 1. The van der Waals surface area contributed by atoms with E-state index in [-0.39, 0.29) is 0 Å². The summed E-state index contributed by atoms with van der Waals surface area (Å²) in [6.45, 7) is 3.12. The molecule has 2 aromatic heterocycles. The molecule has 0 aromatic carbocycles. The third-order valence-electron chi connectivity index (χ3n) is 2.44. The monoisotopic (exact) mass is 232 g/mol. The molecule has 2 heterocycles. The summed E-state index contributed by atoms with van der Waals surface area (Å²) in [5.74, 6) is -1.25. The second kappa shape index (κ2) is 4.37. The number of aryl methyl sites for hydroxylation is 1. The van der Waals surface area contributed by atoms with E-state index in [1.165, 1.54) is 6.92 Å². The molecule has 5 heteroatoms. The number of fused-ring (bicyclic) bond motifs is 1. The highest BCUT2D eigenvalue weighted by molar-refractivity contribution is 6.07. The minimum absolute atomic E-state index is 0.394. The van der Waals surface area contributed by atoms with Gasteiger partial charge in [0.2, 0.25) is 0 Å². The van der Waals surface area contributed by atoms with E-state index in [0.29, 0.717) is 23.0 Å². The molecular weight excluding hydrogens is 220 g/mol. The second-order valence-electron chi connectivity index (χ2n) is 3.61. The van der Waals surface area contributed by atoms with Gasteiger partial charge in [0.1, 0.15) is 5.65 Å². The molecule has 0 spiro atoms. The molecule has 0 bridgehead atoms. The molecule has 0 aliphatic carbocycles. The molecule has 0 fully saturated rings. The summed E-state index contributed by atoms with van der Waals surface area (Å²) >= 11 is 0. The van der Waals surface area contributed by atoms with Gasteiger partial charge in [-0.15, -0.1) is 0 Å². The summed E-state index contributed by atoms with van der Waals surface area (Å²) in [6.07, 6.45) is 2.27. The lowest BCUT2D eigenvalue weighted by Crippen LogP contribution is -2.10. The molecule has 88 valence electrons. The SMILES string of the molecule is CCc1[nH]c2ncccc2c1C(=O)OC(C)=O. The third-order valence-corrected chi connectivity index (χ3v) is 2.44. The molecule has 2 aromatic rings. The Hall–Kier alpha value is -2.17. The van der Waals surface area contributed by atoms with E-state index in [1.54, 1.807) is 18.3 Å². The lowest BCUT2D eigenvalue weighted by Gasteiger charge is -2.00. The Morgan fingerprint density at radius 2 is 2.24 bits per heavy atom. The van der Waals surface area contributed by atoms with Crippen LogP contribution in [-0.4, -0.2) is 21.9 Å². The van der Waals surface area contributed by atoms with E-state index in [4.69, 9.17) is 0 Å². The van der Waals surface area contributed by atoms with Crippen LogP contribution in [0.15, 0.2) is 18.3 Å². The molecular formula is C12H12N2O3. The molecule has 0 atom stereocenters. The molecule has 0 saturated carbocycles. The van der Waals surface area contributed by atoms with Gasteiger partial charge >= 0.3 is 11.9 Å². The van der Waals surface area contributed by atoms with Crippen molar-refractivity contribution in [2.75, 3.05) is 0 Å². The lowest BCUT2D eigenvalue weighted by atomic mass is 10.1. The quantitative estimate of drug-likeness (QED) is 0.633. The van der Waals surface area contributed by atoms with E-state index < -0.39 is 11.9 Å². The highest BCUT2D eigenvalue weighted by Crippen LogP contribution is 2.22. The molecule has 0 aliphatic heterocycles. The van der Waals surface area contributed by atoms with Crippen molar-refractivity contribution in [1.82, 2.24) is 9.97 Å². The fraction of sp³-hybridized carbons (Fsp3) is 0.250. The zero-order chi connectivity index (χ0) is 12.4. The predicted molar refractivity (Wildman–Crippen MR) is 61.6 cm³/mol. The van der Waals surface area contributed by atoms with Gasteiger partial charge in [0.05, 0.1) is 5.56 Å². The van der Waals surface area contributed by atoms with Crippen molar-refractivity contribution in [3.05, 3.63) is 29.6 Å². The predicted octanol–water partition coefficient (Wildman–Crippen LogP) is 1.83. The number of aromatic nitrogens is 2. The standard InChI is InChI=1S/C12H12N2O3/c1-3-9-10(12(16)17-7(2)15)8-5-4-6-13-11(8)14-9/h4-6H,3H2,1-2H3,(H,13,14). The first-order valence-electron chi connectivity index (χ1n) is 5.31. The molecule has 0 aliphatic rings. The zero-order valence-electron chi connectivity index (χ0n) is 9.61. The van der Waals surface area contributed by atoms with Gasteiger partial charge in [-0.1, -0.05) is 6.92 Å². The van der Waals surface area contributed by atoms with Crippen LogP contribution in [-0.2, 0) is 16.0 Å². The van der Waals surface area contributed by atoms with Gasteiger partial charge in [0.15, 0.2) is 0 Å². The first kappa shape index (κ1) is 11.3. The van der Waals surface area contributed by atoms with Crippen LogP contribution < -0.4 is 0 Å². The summed E-state index contributed by atoms with van der Waals surface area (Å²) in [5, 5.41) is 0.676. The van der Waals surface area contributed by atoms with Crippen molar-refractivity contribution in [2.45, 2.75) is 20.3 Å². The number of esters is 2. The number of carbonyl (C=O) groups excluding carboxylic acids is 2. The Kier molecular flexibility index (Phi) is 2.91. The van der Waals surface area contributed by atoms with E-state index in [0.717, 1.165) is 5.69 Å². The highest BCUT2D eigenvalue weighted by atomic mass is 16.6. The molecule has 1 N–H and O–H groups in total. The molecule has 5 nitrogen and oxygen atoms in total. The van der Waals surface area contributed by atoms with Gasteiger partial charge in [-0.05, 0) is 18.6 Å². The largest absolute Gasteiger partial charge is 0.390 e. The van der Waals surface area contributed by atoms with E-state index in [1.807, 2.05) is 6.92 Å². The molecule has 17 heavy (non-hydrogen) atoms. The lowest BCUT2D eigenvalue weighted by molar-refractivity contribution is -0.135. The van der Waals surface area contributed by atoms with Crippen molar-refractivity contribution in [3.63, 3.8) is 0 Å². The van der Waals surface area contributed by atoms with Crippen molar-refractivity contribution in [2.24, 2.45) is 0 Å². The fourth-order valence-electron chi connectivity index (χ4n) is 1.75. The van der Waals surface area contributed by atoms with Crippen LogP contribution in [0, 0.1) is 0 Å². The summed E-state index contributed by atoms with van der Waals surface area (Å²) in [7, 11) is 0. The zero-order valence-corrected chi connectivity index (χ0v) is 9.61. The number of hydrogen-bond acceptors (Lipinski definition) is 4. The average Bonchev–Trinajstić information content (AvgIpc) is 2.66. The van der Waals surface area contributed by atoms with E-state index in [9.17, 15) is 9.59 Å². The van der Waals surface area contributed by atoms with Crippen LogP contribution in [0.3, 0.4) is 0 Å². The number of rotatable bonds is 2. The highest BCUT2D eigenvalue weighted by Gasteiger charge is 2.20. The van der Waals surface area contributed by atoms with Gasteiger partial charge in [-0.2, -0.15) is 0 Å². The number of nitrogens with one attached hydrogen (secondary N) is 1. The second-order valence-corrected chi connectivity index (χ2v) is 3.61. The maximum absolute atomic E-state index is 11.8. The minimum Gasteiger partial charge on any atom is -0.390 e. The third kappa shape index (κ3) is 2.04. The summed E-state index contributed by atoms with van der Waals surface area (Å²) in [6, 6.07) is 3.51. The smallest absolute Gasteiger partial charge is 0.348 e. The number of nitrogens with zero attached hydrogens (tertiary/aromatic N) is 1. The summed E-state index contributed by atoms with van der Waals surface area (Å²) < 4.78 is 4.62. The van der Waals surface area contributed by atoms with E-state index in [2.05, 4.69) is 14.7 Å². The van der Waals surface area contributed by atoms with Crippen LogP contribution in [0.1, 0.15) is 29.9 Å². The maximum atomic E-state index is 11.8. The topological polar surface area (TPSA) is 72.1 Å². The Labute approximate surface area is 97.8 Å². The van der Waals surface area contributed by atoms with Crippen molar-refractivity contribution in [1.29, 1.82) is 0 Å². The average molecular weight is 232 g/mol. The number of pyridine rings is 1. The number of H-pyrrole nitrogens is 1. The van der Waals surface area contributed by atoms with Crippen molar-refractivity contribution < 1.29 is 14.3 Å². The van der Waals surface area contributed by atoms with Crippen LogP contribution in [0.2, 0.25) is 0 Å². The number of ether oxygens (including phenoxy) is 1. The summed E-state index contributed by atoms with van der Waals surface area (Å²) in [4.78, 5) is 29.8. The van der Waals surface area contributed by atoms with Gasteiger partial charge in [0.25, 0.3) is 0 Å². The van der Waals surface area contributed by atoms with Crippen molar-refractivity contribution >= 4 is 23.0 Å². The first-order chi connectivity index (χ1) is 8.13. The van der Waals surface area contributed by atoms with Crippen LogP contribution in [0.4, 0.5) is 0 Å².